The summed E-state index contributed by atoms with van der Waals surface area (Å²) < 4.78 is 27.2. The molecule has 0 aromatic heterocycles. The Balaban J connectivity index is 1.80. The van der Waals surface area contributed by atoms with Gasteiger partial charge in [0.25, 0.3) is 11.8 Å². The van der Waals surface area contributed by atoms with Gasteiger partial charge in [-0.2, -0.15) is 0 Å². The minimum Gasteiger partial charge on any atom is -0.335 e. The van der Waals surface area contributed by atoms with E-state index >= 15 is 0 Å². The predicted molar refractivity (Wildman–Crippen MR) is 95.2 cm³/mol. The fourth-order valence-corrected chi connectivity index (χ4v) is 3.03. The number of benzene rings is 1. The maximum absolute atomic E-state index is 13.6. The van der Waals surface area contributed by atoms with Gasteiger partial charge in [0.2, 0.25) is 0 Å². The minimum absolute atomic E-state index is 0.0915. The lowest BCUT2D eigenvalue weighted by Gasteiger charge is -2.17. The number of amides is 4. The summed E-state index contributed by atoms with van der Waals surface area (Å²) in [4.78, 5) is 36.4. The van der Waals surface area contributed by atoms with Crippen LogP contribution in [0.1, 0.15) is 32.6 Å². The number of rotatable bonds is 7. The fourth-order valence-electron chi connectivity index (χ4n) is 3.03. The zero-order valence-corrected chi connectivity index (χ0v) is 15.2. The summed E-state index contributed by atoms with van der Waals surface area (Å²) in [5.74, 6) is -2.89. The summed E-state index contributed by atoms with van der Waals surface area (Å²) in [6.45, 7) is 1.91. The number of quaternary nitrogens is 1. The molecule has 1 aliphatic rings. The Morgan fingerprint density at radius 3 is 2.26 bits per heavy atom. The van der Waals surface area contributed by atoms with E-state index in [0.717, 1.165) is 37.8 Å². The molecule has 1 atom stereocenters. The number of anilines is 1. The number of imide groups is 1. The van der Waals surface area contributed by atoms with Crippen LogP contribution in [0.3, 0.4) is 0 Å². The quantitative estimate of drug-likeness (QED) is 0.555. The third kappa shape index (κ3) is 6.59. The third-order valence-corrected chi connectivity index (χ3v) is 4.49. The molecule has 2 rings (SSSR count). The number of halogens is 2. The van der Waals surface area contributed by atoms with Crippen molar-refractivity contribution in [2.45, 2.75) is 38.6 Å². The molecular formula is C18H25F2N4O3+. The van der Waals surface area contributed by atoms with Crippen molar-refractivity contribution in [3.8, 4) is 0 Å². The van der Waals surface area contributed by atoms with Gasteiger partial charge in [0, 0.05) is 6.04 Å². The van der Waals surface area contributed by atoms with Crippen molar-refractivity contribution in [2.24, 2.45) is 0 Å². The smallest absolute Gasteiger partial charge is 0.321 e. The van der Waals surface area contributed by atoms with Gasteiger partial charge in [-0.3, -0.25) is 14.9 Å². The zero-order valence-electron chi connectivity index (χ0n) is 15.2. The maximum Gasteiger partial charge on any atom is 0.321 e. The number of carbonyl (C=O) groups excluding carboxylic acids is 3. The lowest BCUT2D eigenvalue weighted by molar-refractivity contribution is -0.881. The number of para-hydroxylation sites is 1. The van der Waals surface area contributed by atoms with E-state index in [2.05, 4.69) is 16.0 Å². The van der Waals surface area contributed by atoms with Gasteiger partial charge in [-0.1, -0.05) is 18.9 Å². The maximum atomic E-state index is 13.6. The van der Waals surface area contributed by atoms with Crippen LogP contribution in [0.5, 0.6) is 0 Å². The van der Waals surface area contributed by atoms with E-state index in [1.54, 1.807) is 6.92 Å². The molecule has 27 heavy (non-hydrogen) atoms. The van der Waals surface area contributed by atoms with Gasteiger partial charge in [-0.05, 0) is 31.9 Å². The van der Waals surface area contributed by atoms with Crippen LogP contribution in [0.25, 0.3) is 0 Å². The highest BCUT2D eigenvalue weighted by molar-refractivity contribution is 5.95. The number of hydrogen-bond donors (Lipinski definition) is 4. The van der Waals surface area contributed by atoms with Crippen LogP contribution in [0, 0.1) is 11.6 Å². The van der Waals surface area contributed by atoms with Gasteiger partial charge < -0.3 is 15.5 Å². The molecule has 0 bridgehead atoms. The highest BCUT2D eigenvalue weighted by atomic mass is 19.1. The summed E-state index contributed by atoms with van der Waals surface area (Å²) in [5, 5.41) is 7.18. The van der Waals surface area contributed by atoms with Crippen LogP contribution in [0.15, 0.2) is 18.2 Å². The lowest BCUT2D eigenvalue weighted by Crippen LogP contribution is -3.14. The highest BCUT2D eigenvalue weighted by Crippen LogP contribution is 2.18. The van der Waals surface area contributed by atoms with Gasteiger partial charge in [0.1, 0.15) is 17.3 Å². The molecule has 1 aliphatic carbocycles. The van der Waals surface area contributed by atoms with Crippen molar-refractivity contribution >= 4 is 23.5 Å². The first-order valence-corrected chi connectivity index (χ1v) is 9.06. The summed E-state index contributed by atoms with van der Waals surface area (Å²) in [6, 6.07) is 2.83. The number of likely N-dealkylation sites (N-methyl/N-ethyl adjacent to an activating group) is 1. The van der Waals surface area contributed by atoms with E-state index < -0.39 is 35.2 Å². The normalized spacial score (nSPS) is 15.2. The Kier molecular flexibility index (Phi) is 7.66. The minimum atomic E-state index is -0.872. The number of carbonyl (C=O) groups is 3. The van der Waals surface area contributed by atoms with Crippen molar-refractivity contribution in [3.63, 3.8) is 0 Å². The average Bonchev–Trinajstić information content (AvgIpc) is 3.10. The number of hydrogen-bond acceptors (Lipinski definition) is 3. The van der Waals surface area contributed by atoms with Crippen molar-refractivity contribution in [2.75, 3.05) is 25.0 Å². The van der Waals surface area contributed by atoms with Crippen LogP contribution < -0.4 is 20.9 Å². The molecular weight excluding hydrogens is 358 g/mol. The van der Waals surface area contributed by atoms with Crippen molar-refractivity contribution in [1.29, 1.82) is 0 Å². The van der Waals surface area contributed by atoms with Crippen LogP contribution in [0.4, 0.5) is 19.3 Å². The molecule has 7 nitrogen and oxygen atoms in total. The van der Waals surface area contributed by atoms with E-state index in [0.29, 0.717) is 11.4 Å². The molecule has 148 valence electrons. The van der Waals surface area contributed by atoms with E-state index in [1.165, 1.54) is 6.07 Å². The summed E-state index contributed by atoms with van der Waals surface area (Å²) in [5.41, 5.74) is -0.515. The second-order valence-corrected chi connectivity index (χ2v) is 6.60. The molecule has 4 amide bonds. The molecule has 0 heterocycles. The number of nitrogens with one attached hydrogen (secondary N) is 4. The SMILES string of the molecule is CC[NH+](CC(=O)NC(=O)NC1CCCC1)CC(=O)Nc1c(F)cccc1F. The average molecular weight is 383 g/mol. The van der Waals surface area contributed by atoms with Crippen LogP contribution in [0.2, 0.25) is 0 Å². The molecule has 4 N–H and O–H groups in total. The van der Waals surface area contributed by atoms with E-state index in [9.17, 15) is 23.2 Å². The second-order valence-electron chi connectivity index (χ2n) is 6.60. The Morgan fingerprint density at radius 2 is 1.67 bits per heavy atom. The Hall–Kier alpha value is -2.55. The first kappa shape index (κ1) is 20.8. The standard InChI is InChI=1S/C18H24F2N4O3/c1-2-24(10-15(25)22-17-13(19)8-5-9-14(17)20)11-16(26)23-18(27)21-12-6-3-4-7-12/h5,8-9,12H,2-4,6-7,10-11H2,1H3,(H,22,25)(H2,21,23,26,27)/p+1. The zero-order chi connectivity index (χ0) is 19.8. The second kappa shape index (κ2) is 9.96. The lowest BCUT2D eigenvalue weighted by atomic mass is 10.2. The van der Waals surface area contributed by atoms with Crippen molar-refractivity contribution in [3.05, 3.63) is 29.8 Å². The predicted octanol–water partition coefficient (Wildman–Crippen LogP) is 0.577. The molecule has 0 saturated heterocycles. The number of urea groups is 1. The first-order valence-electron chi connectivity index (χ1n) is 9.06. The Labute approximate surface area is 156 Å². The van der Waals surface area contributed by atoms with Crippen LogP contribution in [-0.2, 0) is 9.59 Å². The molecule has 0 spiro atoms. The van der Waals surface area contributed by atoms with Gasteiger partial charge in [0.15, 0.2) is 13.1 Å². The van der Waals surface area contributed by atoms with Gasteiger partial charge in [-0.25, -0.2) is 13.6 Å². The van der Waals surface area contributed by atoms with E-state index in [-0.39, 0.29) is 19.1 Å². The van der Waals surface area contributed by atoms with E-state index in [4.69, 9.17) is 0 Å². The van der Waals surface area contributed by atoms with Crippen LogP contribution >= 0.6 is 0 Å². The Bertz CT molecular complexity index is 673. The summed E-state index contributed by atoms with van der Waals surface area (Å²) >= 11 is 0. The monoisotopic (exact) mass is 383 g/mol. The molecule has 1 aromatic carbocycles. The third-order valence-electron chi connectivity index (χ3n) is 4.49. The fraction of sp³-hybridized carbons (Fsp3) is 0.500. The Morgan fingerprint density at radius 1 is 1.07 bits per heavy atom. The molecule has 0 radical (unpaired) electrons. The largest absolute Gasteiger partial charge is 0.335 e. The van der Waals surface area contributed by atoms with Crippen molar-refractivity contribution < 1.29 is 28.1 Å². The van der Waals surface area contributed by atoms with Gasteiger partial charge in [0.05, 0.1) is 6.54 Å². The van der Waals surface area contributed by atoms with E-state index in [1.807, 2.05) is 0 Å². The van der Waals surface area contributed by atoms with Gasteiger partial charge in [-0.15, -0.1) is 0 Å². The highest BCUT2D eigenvalue weighted by Gasteiger charge is 2.22. The molecule has 1 saturated carbocycles. The molecule has 9 heteroatoms. The molecule has 1 fully saturated rings. The molecule has 1 unspecified atom stereocenters. The summed E-state index contributed by atoms with van der Waals surface area (Å²) in [7, 11) is 0. The summed E-state index contributed by atoms with van der Waals surface area (Å²) in [6.07, 6.45) is 3.93. The molecule has 1 aromatic rings. The topological polar surface area (TPSA) is 91.7 Å². The van der Waals surface area contributed by atoms with Crippen LogP contribution in [-0.4, -0.2) is 43.5 Å². The first-order chi connectivity index (χ1) is 12.9. The molecule has 0 aliphatic heterocycles. The van der Waals surface area contributed by atoms with Crippen molar-refractivity contribution in [1.82, 2.24) is 10.6 Å². The van der Waals surface area contributed by atoms with Gasteiger partial charge >= 0.3 is 6.03 Å².